The van der Waals surface area contributed by atoms with Crippen molar-refractivity contribution in [2.24, 2.45) is 0 Å². The van der Waals surface area contributed by atoms with E-state index in [1.165, 1.54) is 0 Å². The fourth-order valence-electron chi connectivity index (χ4n) is 4.38. The second kappa shape index (κ2) is 8.72. The highest BCUT2D eigenvalue weighted by Crippen LogP contribution is 2.47. The average Bonchev–Trinajstić information content (AvgIpc) is 2.81. The highest BCUT2D eigenvalue weighted by atomic mass is 32.2. The Morgan fingerprint density at radius 1 is 0.700 bits per heavy atom. The summed E-state index contributed by atoms with van der Waals surface area (Å²) in [5.74, 6) is 0. The molecule has 0 bridgehead atoms. The predicted octanol–water partition coefficient (Wildman–Crippen LogP) is 4.48. The van der Waals surface area contributed by atoms with E-state index in [4.69, 9.17) is 0 Å². The molecule has 0 aromatic heterocycles. The first-order chi connectivity index (χ1) is 14.5. The normalized spacial score (nSPS) is 16.8. The Bertz CT molecular complexity index is 1010. The van der Waals surface area contributed by atoms with Gasteiger partial charge in [0.1, 0.15) is 10.9 Å². The zero-order valence-corrected chi connectivity index (χ0v) is 17.7. The van der Waals surface area contributed by atoms with Gasteiger partial charge in [0.15, 0.2) is 0 Å². The van der Waals surface area contributed by atoms with Crippen molar-refractivity contribution in [3.63, 3.8) is 0 Å². The average molecular weight is 422 g/mol. The van der Waals surface area contributed by atoms with Crippen LogP contribution in [0.15, 0.2) is 91.0 Å². The molecular weight excluding hydrogens is 394 g/mol. The van der Waals surface area contributed by atoms with Crippen molar-refractivity contribution in [1.82, 2.24) is 4.31 Å². The fraction of sp³-hybridized carbons (Fsp3) is 0.280. The number of rotatable bonds is 6. The molecule has 1 fully saturated rings. The molecule has 0 aliphatic carbocycles. The van der Waals surface area contributed by atoms with Gasteiger partial charge in [-0.2, -0.15) is 0 Å². The largest absolute Gasteiger partial charge is 0.379 e. The summed E-state index contributed by atoms with van der Waals surface area (Å²) in [6, 6.07) is 27.4. The summed E-state index contributed by atoms with van der Waals surface area (Å²) in [7, 11) is -3.85. The van der Waals surface area contributed by atoms with E-state index in [1.807, 2.05) is 54.6 Å². The van der Waals surface area contributed by atoms with E-state index in [-0.39, 0.29) is 0 Å². The third-order valence-electron chi connectivity index (χ3n) is 5.88. The molecule has 156 valence electrons. The van der Waals surface area contributed by atoms with E-state index in [9.17, 15) is 13.5 Å². The van der Waals surface area contributed by atoms with Crippen molar-refractivity contribution in [2.45, 2.75) is 30.1 Å². The highest BCUT2D eigenvalue weighted by molar-refractivity contribution is 7.89. The molecule has 0 radical (unpaired) electrons. The standard InChI is InChI=1S/C25H27NO3S/c27-25(22-15-7-2-8-16-22,23-17-9-3-10-18-23)24(21-13-5-1-6-14-21)30(28,29)26-19-11-4-12-20-26/h1-3,5-10,13-18,24,27H,4,11-12,19-20H2. The molecule has 1 heterocycles. The number of hydrogen-bond donors (Lipinski definition) is 1. The molecule has 0 saturated carbocycles. The summed E-state index contributed by atoms with van der Waals surface area (Å²) in [5.41, 5.74) is -0.0327. The molecule has 30 heavy (non-hydrogen) atoms. The maximum absolute atomic E-state index is 14.0. The quantitative estimate of drug-likeness (QED) is 0.638. The summed E-state index contributed by atoms with van der Waals surface area (Å²) in [6.45, 7) is 0.983. The van der Waals surface area contributed by atoms with Gasteiger partial charge in [0.25, 0.3) is 0 Å². The fourth-order valence-corrected chi connectivity index (χ4v) is 6.65. The first-order valence-electron chi connectivity index (χ1n) is 10.4. The van der Waals surface area contributed by atoms with Crippen molar-refractivity contribution in [2.75, 3.05) is 13.1 Å². The van der Waals surface area contributed by atoms with Crippen molar-refractivity contribution < 1.29 is 13.5 Å². The van der Waals surface area contributed by atoms with Gasteiger partial charge in [-0.05, 0) is 29.5 Å². The minimum atomic E-state index is -3.85. The molecule has 1 N–H and O–H groups in total. The van der Waals surface area contributed by atoms with Gasteiger partial charge in [-0.15, -0.1) is 0 Å². The number of hydrogen-bond acceptors (Lipinski definition) is 3. The molecule has 1 unspecified atom stereocenters. The van der Waals surface area contributed by atoms with Gasteiger partial charge in [0.05, 0.1) is 0 Å². The van der Waals surface area contributed by atoms with Crippen LogP contribution in [0.4, 0.5) is 0 Å². The molecule has 3 aromatic rings. The second-order valence-electron chi connectivity index (χ2n) is 7.79. The SMILES string of the molecule is O=S(=O)(C(c1ccccc1)C(O)(c1ccccc1)c1ccccc1)N1CCCCC1. The van der Waals surface area contributed by atoms with Gasteiger partial charge in [-0.25, -0.2) is 12.7 Å². The van der Waals surface area contributed by atoms with Gasteiger partial charge in [0, 0.05) is 13.1 Å². The van der Waals surface area contributed by atoms with Crippen molar-refractivity contribution in [1.29, 1.82) is 0 Å². The molecule has 3 aromatic carbocycles. The first-order valence-corrected chi connectivity index (χ1v) is 11.9. The summed E-state index contributed by atoms with van der Waals surface area (Å²) in [4.78, 5) is 0. The van der Waals surface area contributed by atoms with Gasteiger partial charge >= 0.3 is 0 Å². The van der Waals surface area contributed by atoms with Gasteiger partial charge in [-0.1, -0.05) is 97.4 Å². The Balaban J connectivity index is 1.97. The Labute approximate surface area is 178 Å². The molecule has 1 atom stereocenters. The van der Waals surface area contributed by atoms with Gasteiger partial charge < -0.3 is 5.11 Å². The van der Waals surface area contributed by atoms with E-state index in [0.717, 1.165) is 19.3 Å². The molecule has 0 spiro atoms. The Hall–Kier alpha value is -2.47. The van der Waals surface area contributed by atoms with Crippen LogP contribution in [0.1, 0.15) is 41.2 Å². The Morgan fingerprint density at radius 2 is 1.13 bits per heavy atom. The molecule has 0 amide bonds. The zero-order valence-electron chi connectivity index (χ0n) is 16.9. The van der Waals surface area contributed by atoms with Gasteiger partial charge in [0.2, 0.25) is 10.0 Å². The van der Waals surface area contributed by atoms with Crippen LogP contribution in [0.2, 0.25) is 0 Å². The summed E-state index contributed by atoms with van der Waals surface area (Å²) >= 11 is 0. The van der Waals surface area contributed by atoms with Gasteiger partial charge in [-0.3, -0.25) is 0 Å². The number of piperidine rings is 1. The summed E-state index contributed by atoms with van der Waals surface area (Å²) in [5, 5.41) is 11.2. The lowest BCUT2D eigenvalue weighted by Gasteiger charge is -2.40. The lowest BCUT2D eigenvalue weighted by molar-refractivity contribution is 0.0722. The predicted molar refractivity (Wildman–Crippen MR) is 119 cm³/mol. The molecule has 1 saturated heterocycles. The van der Waals surface area contributed by atoms with E-state index >= 15 is 0 Å². The summed E-state index contributed by atoms with van der Waals surface area (Å²) < 4.78 is 29.7. The maximum atomic E-state index is 14.0. The lowest BCUT2D eigenvalue weighted by atomic mass is 9.81. The number of sulfonamides is 1. The van der Waals surface area contributed by atoms with Crippen LogP contribution < -0.4 is 0 Å². The number of nitrogens with zero attached hydrogens (tertiary/aromatic N) is 1. The second-order valence-corrected chi connectivity index (χ2v) is 9.81. The Kier molecular flexibility index (Phi) is 6.04. The van der Waals surface area contributed by atoms with Crippen LogP contribution >= 0.6 is 0 Å². The van der Waals surface area contributed by atoms with Crippen LogP contribution in [-0.4, -0.2) is 30.9 Å². The van der Waals surface area contributed by atoms with Crippen LogP contribution in [0.3, 0.4) is 0 Å². The smallest absolute Gasteiger partial charge is 0.224 e. The van der Waals surface area contributed by atoms with Crippen LogP contribution in [0.25, 0.3) is 0 Å². The van der Waals surface area contributed by atoms with Crippen molar-refractivity contribution >= 4 is 10.0 Å². The molecule has 1 aliphatic rings. The molecule has 1 aliphatic heterocycles. The van der Waals surface area contributed by atoms with Crippen molar-refractivity contribution in [3.8, 4) is 0 Å². The van der Waals surface area contributed by atoms with E-state index in [1.54, 1.807) is 40.7 Å². The topological polar surface area (TPSA) is 57.6 Å². The molecule has 5 heteroatoms. The molecule has 4 rings (SSSR count). The van der Waals surface area contributed by atoms with Crippen molar-refractivity contribution in [3.05, 3.63) is 108 Å². The van der Waals surface area contributed by atoms with E-state index in [0.29, 0.717) is 29.8 Å². The van der Waals surface area contributed by atoms with E-state index < -0.39 is 20.9 Å². The third-order valence-corrected chi connectivity index (χ3v) is 8.18. The summed E-state index contributed by atoms with van der Waals surface area (Å²) in [6.07, 6.45) is 2.72. The highest BCUT2D eigenvalue weighted by Gasteiger charge is 2.50. The minimum absolute atomic E-state index is 0.491. The van der Waals surface area contributed by atoms with E-state index in [2.05, 4.69) is 0 Å². The number of benzene rings is 3. The minimum Gasteiger partial charge on any atom is -0.379 e. The van der Waals surface area contributed by atoms with Crippen LogP contribution in [-0.2, 0) is 15.6 Å². The van der Waals surface area contributed by atoms with Crippen LogP contribution in [0, 0.1) is 0 Å². The lowest BCUT2D eigenvalue weighted by Crippen LogP contribution is -2.47. The first kappa shape index (κ1) is 20.8. The third kappa shape index (κ3) is 3.81. The molecule has 4 nitrogen and oxygen atoms in total. The monoisotopic (exact) mass is 421 g/mol. The van der Waals surface area contributed by atoms with Crippen LogP contribution in [0.5, 0.6) is 0 Å². The number of aliphatic hydroxyl groups is 1. The Morgan fingerprint density at radius 3 is 1.60 bits per heavy atom. The zero-order chi connectivity index (χ0) is 21.0. The molecular formula is C25H27NO3S. The maximum Gasteiger partial charge on any atom is 0.224 e.